The van der Waals surface area contributed by atoms with Crippen molar-refractivity contribution in [2.24, 2.45) is 5.92 Å². The molecule has 0 aliphatic heterocycles. The number of aromatic nitrogens is 2. The van der Waals surface area contributed by atoms with Gasteiger partial charge in [-0.25, -0.2) is 9.97 Å². The van der Waals surface area contributed by atoms with Crippen LogP contribution in [0.5, 0.6) is 0 Å². The zero-order valence-electron chi connectivity index (χ0n) is 10.6. The number of hydrogen-bond acceptors (Lipinski definition) is 3. The lowest BCUT2D eigenvalue weighted by molar-refractivity contribution is 0.467. The molecule has 1 heterocycles. The average molecular weight is 231 g/mol. The number of hydrogen-bond donors (Lipinski definition) is 1. The quantitative estimate of drug-likeness (QED) is 0.841. The zero-order valence-corrected chi connectivity index (χ0v) is 10.6. The maximum atomic E-state index is 4.53. The Bertz CT molecular complexity index is 398. The number of likely N-dealkylation sites (N-methyl/N-ethyl adjacent to an activating group) is 1. The van der Waals surface area contributed by atoms with Gasteiger partial charge < -0.3 is 5.32 Å². The van der Waals surface area contributed by atoms with Gasteiger partial charge in [-0.05, 0) is 50.1 Å². The lowest BCUT2D eigenvalue weighted by atomic mass is 10.0. The normalized spacial score (nSPS) is 20.3. The van der Waals surface area contributed by atoms with Crippen LogP contribution < -0.4 is 5.32 Å². The van der Waals surface area contributed by atoms with E-state index in [2.05, 4.69) is 22.2 Å². The maximum Gasteiger partial charge on any atom is 0.115 e. The van der Waals surface area contributed by atoms with Gasteiger partial charge in [0.1, 0.15) is 6.33 Å². The van der Waals surface area contributed by atoms with Gasteiger partial charge in [0.05, 0.1) is 0 Å². The van der Waals surface area contributed by atoms with E-state index in [1.807, 2.05) is 0 Å². The Kier molecular flexibility index (Phi) is 3.10. The third kappa shape index (κ3) is 2.34. The van der Waals surface area contributed by atoms with Gasteiger partial charge in [0, 0.05) is 23.9 Å². The van der Waals surface area contributed by atoms with Crippen molar-refractivity contribution in [3.05, 3.63) is 23.3 Å². The molecule has 1 N–H and O–H groups in total. The summed E-state index contributed by atoms with van der Waals surface area (Å²) in [5.74, 6) is 0.891. The van der Waals surface area contributed by atoms with E-state index in [-0.39, 0.29) is 0 Å². The molecule has 2 aliphatic carbocycles. The Hall–Kier alpha value is -0.960. The maximum absolute atomic E-state index is 4.53. The minimum atomic E-state index is 0.639. The van der Waals surface area contributed by atoms with Crippen molar-refractivity contribution in [3.63, 3.8) is 0 Å². The molecule has 0 bridgehead atoms. The van der Waals surface area contributed by atoms with Crippen molar-refractivity contribution >= 4 is 0 Å². The molecule has 1 fully saturated rings. The van der Waals surface area contributed by atoms with Crippen molar-refractivity contribution in [2.75, 3.05) is 6.54 Å². The summed E-state index contributed by atoms with van der Waals surface area (Å²) in [6.45, 7) is 3.26. The summed E-state index contributed by atoms with van der Waals surface area (Å²) in [7, 11) is 0. The second-order valence-electron chi connectivity index (χ2n) is 5.30. The molecule has 0 amide bonds. The van der Waals surface area contributed by atoms with Crippen molar-refractivity contribution in [2.45, 2.75) is 51.5 Å². The molecule has 3 nitrogen and oxygen atoms in total. The largest absolute Gasteiger partial charge is 0.314 e. The number of rotatable bonds is 5. The van der Waals surface area contributed by atoms with Crippen LogP contribution in [-0.2, 0) is 19.3 Å². The van der Waals surface area contributed by atoms with Gasteiger partial charge in [-0.3, -0.25) is 0 Å². The molecule has 17 heavy (non-hydrogen) atoms. The predicted octanol–water partition coefficient (Wildman–Crippen LogP) is 1.90. The fourth-order valence-corrected chi connectivity index (χ4v) is 2.98. The third-order valence-corrected chi connectivity index (χ3v) is 4.03. The van der Waals surface area contributed by atoms with Crippen LogP contribution in [0.4, 0.5) is 0 Å². The smallest absolute Gasteiger partial charge is 0.115 e. The lowest BCUT2D eigenvalue weighted by Crippen LogP contribution is -2.33. The lowest BCUT2D eigenvalue weighted by Gasteiger charge is -2.18. The molecule has 0 radical (unpaired) electrons. The molecule has 1 aromatic rings. The van der Waals surface area contributed by atoms with Crippen LogP contribution in [0.25, 0.3) is 0 Å². The average Bonchev–Trinajstić information content (AvgIpc) is 3.07. The first kappa shape index (κ1) is 11.1. The SMILES string of the molecule is CCNC(Cc1ncnc2c1CCC2)C1CC1. The van der Waals surface area contributed by atoms with Crippen LogP contribution in [0.1, 0.15) is 43.1 Å². The highest BCUT2D eigenvalue weighted by atomic mass is 14.9. The van der Waals surface area contributed by atoms with E-state index < -0.39 is 0 Å². The molecule has 0 saturated heterocycles. The standard InChI is InChI=1S/C14H21N3/c1-2-15-13(10-6-7-10)8-14-11-4-3-5-12(11)16-9-17-14/h9-10,13,15H,2-8H2,1H3. The Labute approximate surface area is 103 Å². The van der Waals surface area contributed by atoms with Gasteiger partial charge in [-0.2, -0.15) is 0 Å². The molecule has 1 aromatic heterocycles. The fourth-order valence-electron chi connectivity index (χ4n) is 2.98. The third-order valence-electron chi connectivity index (χ3n) is 4.03. The molecule has 1 saturated carbocycles. The van der Waals surface area contributed by atoms with Gasteiger partial charge in [0.25, 0.3) is 0 Å². The van der Waals surface area contributed by atoms with E-state index in [0.29, 0.717) is 6.04 Å². The molecular formula is C14H21N3. The number of nitrogens with zero attached hydrogens (tertiary/aromatic N) is 2. The summed E-state index contributed by atoms with van der Waals surface area (Å²) in [5.41, 5.74) is 4.07. The number of fused-ring (bicyclic) bond motifs is 1. The highest BCUT2D eigenvalue weighted by Crippen LogP contribution is 2.34. The monoisotopic (exact) mass is 231 g/mol. The number of aryl methyl sites for hydroxylation is 1. The molecular weight excluding hydrogens is 210 g/mol. The van der Waals surface area contributed by atoms with Crippen molar-refractivity contribution in [1.29, 1.82) is 0 Å². The van der Waals surface area contributed by atoms with Crippen LogP contribution >= 0.6 is 0 Å². The Morgan fingerprint density at radius 3 is 3.00 bits per heavy atom. The minimum absolute atomic E-state index is 0.639. The zero-order chi connectivity index (χ0) is 11.7. The summed E-state index contributed by atoms with van der Waals surface area (Å²) in [5, 5.41) is 3.62. The molecule has 92 valence electrons. The molecule has 0 aromatic carbocycles. The van der Waals surface area contributed by atoms with Gasteiger partial charge in [0.15, 0.2) is 0 Å². The highest BCUT2D eigenvalue weighted by Gasteiger charge is 2.31. The first-order valence-corrected chi connectivity index (χ1v) is 6.93. The minimum Gasteiger partial charge on any atom is -0.314 e. The molecule has 3 rings (SSSR count). The highest BCUT2D eigenvalue weighted by molar-refractivity contribution is 5.29. The van der Waals surface area contributed by atoms with E-state index in [0.717, 1.165) is 25.3 Å². The Balaban J connectivity index is 1.77. The van der Waals surface area contributed by atoms with Crippen LogP contribution in [0.3, 0.4) is 0 Å². The van der Waals surface area contributed by atoms with Crippen molar-refractivity contribution in [1.82, 2.24) is 15.3 Å². The Morgan fingerprint density at radius 1 is 1.35 bits per heavy atom. The summed E-state index contributed by atoms with van der Waals surface area (Å²) < 4.78 is 0. The van der Waals surface area contributed by atoms with E-state index in [4.69, 9.17) is 0 Å². The first-order chi connectivity index (χ1) is 8.38. The second-order valence-corrected chi connectivity index (χ2v) is 5.30. The molecule has 0 spiro atoms. The van der Waals surface area contributed by atoms with Crippen molar-refractivity contribution in [3.8, 4) is 0 Å². The molecule has 3 heteroatoms. The summed E-state index contributed by atoms with van der Waals surface area (Å²) in [6, 6.07) is 0.639. The van der Waals surface area contributed by atoms with E-state index in [1.165, 1.54) is 42.6 Å². The fraction of sp³-hybridized carbons (Fsp3) is 0.714. The van der Waals surface area contributed by atoms with Crippen LogP contribution in [0.15, 0.2) is 6.33 Å². The predicted molar refractivity (Wildman–Crippen MR) is 67.9 cm³/mol. The molecule has 2 aliphatic rings. The van der Waals surface area contributed by atoms with E-state index in [1.54, 1.807) is 6.33 Å². The van der Waals surface area contributed by atoms with E-state index in [9.17, 15) is 0 Å². The molecule has 1 unspecified atom stereocenters. The van der Waals surface area contributed by atoms with Gasteiger partial charge >= 0.3 is 0 Å². The van der Waals surface area contributed by atoms with Gasteiger partial charge in [0.2, 0.25) is 0 Å². The summed E-state index contributed by atoms with van der Waals surface area (Å²) in [4.78, 5) is 8.93. The topological polar surface area (TPSA) is 37.8 Å². The molecule has 1 atom stereocenters. The number of nitrogens with one attached hydrogen (secondary N) is 1. The van der Waals surface area contributed by atoms with Crippen LogP contribution in [0.2, 0.25) is 0 Å². The summed E-state index contributed by atoms with van der Waals surface area (Å²) in [6.07, 6.45) is 9.25. The summed E-state index contributed by atoms with van der Waals surface area (Å²) >= 11 is 0. The van der Waals surface area contributed by atoms with Crippen molar-refractivity contribution < 1.29 is 0 Å². The van der Waals surface area contributed by atoms with Crippen LogP contribution in [-0.4, -0.2) is 22.6 Å². The van der Waals surface area contributed by atoms with Gasteiger partial charge in [-0.15, -0.1) is 0 Å². The Morgan fingerprint density at radius 2 is 2.24 bits per heavy atom. The first-order valence-electron chi connectivity index (χ1n) is 6.93. The van der Waals surface area contributed by atoms with Gasteiger partial charge in [-0.1, -0.05) is 6.92 Å². The van der Waals surface area contributed by atoms with E-state index >= 15 is 0 Å². The second kappa shape index (κ2) is 4.73. The van der Waals surface area contributed by atoms with Crippen LogP contribution in [0, 0.1) is 5.92 Å².